The lowest BCUT2D eigenvalue weighted by Crippen LogP contribution is -2.30. The van der Waals surface area contributed by atoms with Crippen molar-refractivity contribution in [2.45, 2.75) is 45.8 Å². The van der Waals surface area contributed by atoms with Gasteiger partial charge in [-0.3, -0.25) is 4.79 Å². The van der Waals surface area contributed by atoms with Crippen molar-refractivity contribution in [1.82, 2.24) is 19.2 Å². The summed E-state index contributed by atoms with van der Waals surface area (Å²) in [6.45, 7) is 7.59. The molecule has 0 fully saturated rings. The first-order valence-electron chi connectivity index (χ1n) is 9.52. The van der Waals surface area contributed by atoms with E-state index in [1.54, 1.807) is 7.11 Å². The van der Waals surface area contributed by atoms with Gasteiger partial charge in [0.25, 0.3) is 0 Å². The van der Waals surface area contributed by atoms with E-state index in [1.807, 2.05) is 53.7 Å². The third-order valence-electron chi connectivity index (χ3n) is 5.08. The highest BCUT2D eigenvalue weighted by Gasteiger charge is 2.33. The molecule has 2 aromatic heterocycles. The summed E-state index contributed by atoms with van der Waals surface area (Å²) >= 11 is 0. The summed E-state index contributed by atoms with van der Waals surface area (Å²) in [4.78, 5) is 14.8. The van der Waals surface area contributed by atoms with E-state index in [1.165, 1.54) is 0 Å². The van der Waals surface area contributed by atoms with Gasteiger partial charge < -0.3 is 14.2 Å². The highest BCUT2D eigenvalue weighted by molar-refractivity contribution is 5.79. The zero-order valence-corrected chi connectivity index (χ0v) is 16.8. The number of benzene rings is 1. The fourth-order valence-electron chi connectivity index (χ4n) is 3.62. The Morgan fingerprint density at radius 2 is 1.79 bits per heavy atom. The summed E-state index contributed by atoms with van der Waals surface area (Å²) < 4.78 is 9.35. The lowest BCUT2D eigenvalue weighted by Gasteiger charge is -2.24. The van der Waals surface area contributed by atoms with E-state index < -0.39 is 0 Å². The van der Waals surface area contributed by atoms with Gasteiger partial charge in [-0.15, -0.1) is 0 Å². The molecular formula is C22H26N4O2. The van der Waals surface area contributed by atoms with Gasteiger partial charge in [-0.25, -0.2) is 4.68 Å². The van der Waals surface area contributed by atoms with Crippen LogP contribution in [-0.4, -0.2) is 32.3 Å². The Bertz CT molecular complexity index is 979. The molecule has 0 atom stereocenters. The van der Waals surface area contributed by atoms with Crippen LogP contribution in [0.25, 0.3) is 5.82 Å². The zero-order chi connectivity index (χ0) is 19.9. The van der Waals surface area contributed by atoms with Gasteiger partial charge >= 0.3 is 0 Å². The lowest BCUT2D eigenvalue weighted by molar-refractivity contribution is -0.131. The van der Waals surface area contributed by atoms with Crippen LogP contribution in [0.3, 0.4) is 0 Å². The number of rotatable bonds is 4. The molecule has 146 valence electrons. The summed E-state index contributed by atoms with van der Waals surface area (Å²) in [6.07, 6.45) is 4.44. The van der Waals surface area contributed by atoms with Crippen molar-refractivity contribution in [3.8, 4) is 11.6 Å². The maximum absolute atomic E-state index is 12.9. The van der Waals surface area contributed by atoms with Crippen LogP contribution >= 0.6 is 0 Å². The molecule has 0 spiro atoms. The maximum atomic E-state index is 12.9. The molecule has 0 radical (unpaired) electrons. The third-order valence-corrected chi connectivity index (χ3v) is 5.08. The molecule has 28 heavy (non-hydrogen) atoms. The van der Waals surface area contributed by atoms with Gasteiger partial charge in [0.1, 0.15) is 11.6 Å². The molecule has 0 bridgehead atoms. The quantitative estimate of drug-likeness (QED) is 0.698. The Morgan fingerprint density at radius 3 is 2.39 bits per heavy atom. The van der Waals surface area contributed by atoms with Crippen molar-refractivity contribution in [2.75, 3.05) is 7.11 Å². The van der Waals surface area contributed by atoms with E-state index in [2.05, 4.69) is 30.0 Å². The van der Waals surface area contributed by atoms with E-state index in [0.717, 1.165) is 28.4 Å². The standard InChI is InChI=1S/C22H26N4O2/c1-22(2,3)26-21(24-11-5-6-12-24)18-14-25(15-19(18)23-26)20(27)13-16-7-9-17(28-4)10-8-16/h5-12H,13-15H2,1-4H3. The van der Waals surface area contributed by atoms with Gasteiger partial charge in [0.2, 0.25) is 5.91 Å². The molecule has 1 amide bonds. The smallest absolute Gasteiger partial charge is 0.227 e. The second-order valence-corrected chi connectivity index (χ2v) is 8.20. The molecule has 1 aliphatic rings. The van der Waals surface area contributed by atoms with Crippen molar-refractivity contribution in [1.29, 1.82) is 0 Å². The van der Waals surface area contributed by atoms with Crippen LogP contribution in [-0.2, 0) is 29.8 Å². The monoisotopic (exact) mass is 378 g/mol. The molecule has 0 N–H and O–H groups in total. The van der Waals surface area contributed by atoms with Crippen LogP contribution in [0.2, 0.25) is 0 Å². The molecule has 0 saturated carbocycles. The van der Waals surface area contributed by atoms with Crippen LogP contribution in [0.4, 0.5) is 0 Å². The van der Waals surface area contributed by atoms with Gasteiger partial charge in [0.15, 0.2) is 0 Å². The number of aromatic nitrogens is 3. The topological polar surface area (TPSA) is 52.3 Å². The number of carbonyl (C=O) groups excluding carboxylic acids is 1. The van der Waals surface area contributed by atoms with Crippen molar-refractivity contribution < 1.29 is 9.53 Å². The van der Waals surface area contributed by atoms with Crippen LogP contribution < -0.4 is 4.74 Å². The van der Waals surface area contributed by atoms with Crippen LogP contribution in [0.1, 0.15) is 37.6 Å². The molecule has 0 unspecified atom stereocenters. The van der Waals surface area contributed by atoms with Gasteiger partial charge in [0.05, 0.1) is 37.9 Å². The second-order valence-electron chi connectivity index (χ2n) is 8.20. The van der Waals surface area contributed by atoms with E-state index in [4.69, 9.17) is 9.84 Å². The molecule has 3 aromatic rings. The minimum atomic E-state index is -0.137. The van der Waals surface area contributed by atoms with E-state index >= 15 is 0 Å². The number of methoxy groups -OCH3 is 1. The fraction of sp³-hybridized carbons (Fsp3) is 0.364. The van der Waals surface area contributed by atoms with Crippen molar-refractivity contribution in [3.05, 3.63) is 65.6 Å². The molecule has 4 rings (SSSR count). The van der Waals surface area contributed by atoms with Crippen molar-refractivity contribution in [2.24, 2.45) is 0 Å². The van der Waals surface area contributed by atoms with Gasteiger partial charge in [0, 0.05) is 18.0 Å². The number of hydrogen-bond acceptors (Lipinski definition) is 3. The first-order valence-corrected chi connectivity index (χ1v) is 9.52. The molecule has 6 heteroatoms. The molecule has 0 saturated heterocycles. The van der Waals surface area contributed by atoms with E-state index in [9.17, 15) is 4.79 Å². The molecule has 1 aliphatic heterocycles. The maximum Gasteiger partial charge on any atom is 0.227 e. The Hall–Kier alpha value is -3.02. The number of amides is 1. The fourth-order valence-corrected chi connectivity index (χ4v) is 3.62. The van der Waals surface area contributed by atoms with Crippen LogP contribution in [0.15, 0.2) is 48.8 Å². The Labute approximate surface area is 165 Å². The predicted octanol–water partition coefficient (Wildman–Crippen LogP) is 3.52. The number of ether oxygens (including phenoxy) is 1. The predicted molar refractivity (Wildman–Crippen MR) is 108 cm³/mol. The normalized spacial score (nSPS) is 13.6. The SMILES string of the molecule is COc1ccc(CC(=O)N2Cc3nn(C(C)(C)C)c(-n4cccc4)c3C2)cc1. The Kier molecular flexibility index (Phi) is 4.49. The highest BCUT2D eigenvalue weighted by Crippen LogP contribution is 2.32. The largest absolute Gasteiger partial charge is 0.497 e. The van der Waals surface area contributed by atoms with E-state index in [-0.39, 0.29) is 11.4 Å². The van der Waals surface area contributed by atoms with Crippen molar-refractivity contribution in [3.63, 3.8) is 0 Å². The van der Waals surface area contributed by atoms with Crippen molar-refractivity contribution >= 4 is 5.91 Å². The average Bonchev–Trinajstić information content (AvgIpc) is 3.37. The minimum absolute atomic E-state index is 0.115. The minimum Gasteiger partial charge on any atom is -0.497 e. The Balaban J connectivity index is 1.57. The molecule has 3 heterocycles. The number of carbonyl (C=O) groups is 1. The Morgan fingerprint density at radius 1 is 1.11 bits per heavy atom. The zero-order valence-electron chi connectivity index (χ0n) is 16.8. The second kappa shape index (κ2) is 6.86. The summed E-state index contributed by atoms with van der Waals surface area (Å²) in [5.41, 5.74) is 2.97. The van der Waals surface area contributed by atoms with Gasteiger partial charge in [-0.05, 0) is 50.6 Å². The summed E-state index contributed by atoms with van der Waals surface area (Å²) in [5, 5.41) is 4.87. The number of fused-ring (bicyclic) bond motifs is 1. The van der Waals surface area contributed by atoms with E-state index in [0.29, 0.717) is 19.5 Å². The molecule has 1 aromatic carbocycles. The lowest BCUT2D eigenvalue weighted by atomic mass is 10.1. The average molecular weight is 378 g/mol. The van der Waals surface area contributed by atoms with Gasteiger partial charge in [-0.1, -0.05) is 12.1 Å². The third kappa shape index (κ3) is 3.30. The summed E-state index contributed by atoms with van der Waals surface area (Å²) in [7, 11) is 1.64. The molecule has 6 nitrogen and oxygen atoms in total. The molecule has 0 aliphatic carbocycles. The first-order chi connectivity index (χ1) is 13.4. The van der Waals surface area contributed by atoms with Gasteiger partial charge in [-0.2, -0.15) is 5.10 Å². The summed E-state index contributed by atoms with van der Waals surface area (Å²) in [5.74, 6) is 1.96. The van der Waals surface area contributed by atoms with Crippen LogP contribution in [0, 0.1) is 0 Å². The summed E-state index contributed by atoms with van der Waals surface area (Å²) in [6, 6.07) is 11.7. The number of nitrogens with zero attached hydrogens (tertiary/aromatic N) is 4. The number of hydrogen-bond donors (Lipinski definition) is 0. The van der Waals surface area contributed by atoms with Crippen LogP contribution in [0.5, 0.6) is 5.75 Å². The first kappa shape index (κ1) is 18.3. The molecular weight excluding hydrogens is 352 g/mol. The highest BCUT2D eigenvalue weighted by atomic mass is 16.5.